The number of hydrogen-bond acceptors (Lipinski definition) is 4. The molecule has 0 fully saturated rings. The van der Waals surface area contributed by atoms with Gasteiger partial charge in [0.25, 0.3) is 5.70 Å². The normalized spacial score (nSPS) is 23.7. The highest BCUT2D eigenvalue weighted by Crippen LogP contribution is 2.11. The van der Waals surface area contributed by atoms with E-state index in [2.05, 4.69) is 5.32 Å². The first kappa shape index (κ1) is 8.00. The monoisotopic (exact) mass is 158 g/mol. The highest BCUT2D eigenvalue weighted by atomic mass is 16.6. The molecule has 0 spiro atoms. The average molecular weight is 158 g/mol. The van der Waals surface area contributed by atoms with E-state index in [1.165, 1.54) is 6.26 Å². The molecule has 1 heterocycles. The molecule has 1 aliphatic heterocycles. The smallest absolute Gasteiger partial charge is 0.281 e. The first-order chi connectivity index (χ1) is 5.24. The molecular weight excluding hydrogens is 148 g/mol. The van der Waals surface area contributed by atoms with E-state index in [9.17, 15) is 10.1 Å². The van der Waals surface area contributed by atoms with Crippen LogP contribution in [0.5, 0.6) is 0 Å². The lowest BCUT2D eigenvalue weighted by molar-refractivity contribution is -0.431. The average Bonchev–Trinajstić information content (AvgIpc) is 2.05. The van der Waals surface area contributed by atoms with Crippen LogP contribution in [0.3, 0.4) is 0 Å². The number of rotatable bonds is 2. The lowest BCUT2D eigenvalue weighted by atomic mass is 10.1. The highest BCUT2D eigenvalue weighted by Gasteiger charge is 2.22. The third-order valence-corrected chi connectivity index (χ3v) is 1.62. The van der Waals surface area contributed by atoms with E-state index < -0.39 is 4.92 Å². The summed E-state index contributed by atoms with van der Waals surface area (Å²) >= 11 is 0. The molecule has 5 heteroatoms. The Hall–Kier alpha value is -1.10. The lowest BCUT2D eigenvalue weighted by Gasteiger charge is -2.17. The molecular formula is C6H10N2O3. The summed E-state index contributed by atoms with van der Waals surface area (Å²) in [6, 6.07) is 0.0698. The summed E-state index contributed by atoms with van der Waals surface area (Å²) in [5.41, 5.74) is 0.135. The minimum Gasteiger partial charge on any atom is -0.493 e. The summed E-state index contributed by atoms with van der Waals surface area (Å²) in [6.07, 6.45) is 1.65. The number of nitro groups is 1. The van der Waals surface area contributed by atoms with Gasteiger partial charge >= 0.3 is 0 Å². The van der Waals surface area contributed by atoms with Crippen LogP contribution in [0, 0.1) is 10.1 Å². The van der Waals surface area contributed by atoms with Crippen molar-refractivity contribution in [1.29, 1.82) is 0 Å². The van der Waals surface area contributed by atoms with Crippen molar-refractivity contribution in [2.45, 2.75) is 12.5 Å². The maximum Gasteiger partial charge on any atom is 0.281 e. The Morgan fingerprint density at radius 1 is 1.91 bits per heavy atom. The van der Waals surface area contributed by atoms with Crippen LogP contribution in [-0.2, 0) is 4.74 Å². The molecule has 1 atom stereocenters. The second-order valence-corrected chi connectivity index (χ2v) is 2.39. The van der Waals surface area contributed by atoms with Crippen LogP contribution in [0.4, 0.5) is 0 Å². The number of nitrogens with zero attached hydrogens (tertiary/aromatic N) is 1. The standard InChI is InChI=1S/C6H10N2O3/c1-7-5-2-6(8(9)10)4-11-3-5/h4-5,7H,2-3H2,1H3. The Balaban J connectivity index is 2.55. The molecule has 1 aliphatic rings. The van der Waals surface area contributed by atoms with E-state index >= 15 is 0 Å². The molecule has 1 rings (SSSR count). The van der Waals surface area contributed by atoms with Gasteiger partial charge in [0.15, 0.2) is 6.26 Å². The van der Waals surface area contributed by atoms with Gasteiger partial charge in [0.1, 0.15) is 6.61 Å². The number of ether oxygens (including phenoxy) is 1. The predicted molar refractivity (Wildman–Crippen MR) is 38.5 cm³/mol. The lowest BCUT2D eigenvalue weighted by Crippen LogP contribution is -2.33. The Kier molecular flexibility index (Phi) is 2.43. The van der Waals surface area contributed by atoms with Gasteiger partial charge in [0, 0.05) is 0 Å². The van der Waals surface area contributed by atoms with Crippen LogP contribution in [0.2, 0.25) is 0 Å². The van der Waals surface area contributed by atoms with E-state index in [-0.39, 0.29) is 11.7 Å². The molecule has 11 heavy (non-hydrogen) atoms. The summed E-state index contributed by atoms with van der Waals surface area (Å²) < 4.78 is 4.88. The molecule has 0 bridgehead atoms. The molecule has 0 aromatic heterocycles. The van der Waals surface area contributed by atoms with Crippen molar-refractivity contribution < 1.29 is 9.66 Å². The molecule has 0 radical (unpaired) electrons. The predicted octanol–water partition coefficient (Wildman–Crippen LogP) is 0.113. The topological polar surface area (TPSA) is 64.4 Å². The van der Waals surface area contributed by atoms with Gasteiger partial charge < -0.3 is 10.1 Å². The fourth-order valence-corrected chi connectivity index (χ4v) is 0.923. The SMILES string of the molecule is CNC1COC=C([N+](=O)[O-])C1. The summed E-state index contributed by atoms with van der Waals surface area (Å²) in [6.45, 7) is 0.508. The van der Waals surface area contributed by atoms with Gasteiger partial charge in [0.2, 0.25) is 0 Å². The fourth-order valence-electron chi connectivity index (χ4n) is 0.923. The van der Waals surface area contributed by atoms with Gasteiger partial charge in [-0.1, -0.05) is 0 Å². The molecule has 0 aromatic carbocycles. The summed E-state index contributed by atoms with van der Waals surface area (Å²) in [5, 5.41) is 13.2. The quantitative estimate of drug-likeness (QED) is 0.457. The van der Waals surface area contributed by atoms with Crippen LogP contribution in [0.25, 0.3) is 0 Å². The molecule has 0 amide bonds. The Morgan fingerprint density at radius 3 is 3.18 bits per heavy atom. The number of likely N-dealkylation sites (N-methyl/N-ethyl adjacent to an activating group) is 1. The largest absolute Gasteiger partial charge is 0.493 e. The Bertz CT molecular complexity index is 190. The third kappa shape index (κ3) is 1.91. The summed E-state index contributed by atoms with van der Waals surface area (Å²) in [4.78, 5) is 9.83. The van der Waals surface area contributed by atoms with Crippen molar-refractivity contribution in [1.82, 2.24) is 5.32 Å². The highest BCUT2D eigenvalue weighted by molar-refractivity contribution is 4.94. The van der Waals surface area contributed by atoms with E-state index in [1.54, 1.807) is 7.05 Å². The summed E-state index contributed by atoms with van der Waals surface area (Å²) in [7, 11) is 1.76. The number of nitrogens with one attached hydrogen (secondary N) is 1. The third-order valence-electron chi connectivity index (χ3n) is 1.62. The minimum atomic E-state index is -0.413. The van der Waals surface area contributed by atoms with Gasteiger partial charge in [-0.05, 0) is 7.05 Å². The Labute approximate surface area is 64.2 Å². The van der Waals surface area contributed by atoms with Gasteiger partial charge in [-0.25, -0.2) is 0 Å². The zero-order chi connectivity index (χ0) is 8.27. The molecule has 5 nitrogen and oxygen atoms in total. The first-order valence-corrected chi connectivity index (χ1v) is 3.36. The zero-order valence-corrected chi connectivity index (χ0v) is 6.24. The Morgan fingerprint density at radius 2 is 2.64 bits per heavy atom. The van der Waals surface area contributed by atoms with Crippen molar-refractivity contribution in [2.24, 2.45) is 0 Å². The van der Waals surface area contributed by atoms with Gasteiger partial charge in [-0.15, -0.1) is 0 Å². The van der Waals surface area contributed by atoms with Crippen molar-refractivity contribution in [2.75, 3.05) is 13.7 Å². The van der Waals surface area contributed by atoms with Gasteiger partial charge in [-0.2, -0.15) is 0 Å². The molecule has 1 N–H and O–H groups in total. The van der Waals surface area contributed by atoms with E-state index in [4.69, 9.17) is 4.74 Å². The second-order valence-electron chi connectivity index (χ2n) is 2.39. The van der Waals surface area contributed by atoms with Crippen LogP contribution >= 0.6 is 0 Å². The van der Waals surface area contributed by atoms with E-state index in [0.717, 1.165) is 0 Å². The molecule has 62 valence electrons. The van der Waals surface area contributed by atoms with Crippen molar-refractivity contribution in [3.05, 3.63) is 22.1 Å². The van der Waals surface area contributed by atoms with Crippen molar-refractivity contribution in [3.8, 4) is 0 Å². The first-order valence-electron chi connectivity index (χ1n) is 3.36. The van der Waals surface area contributed by atoms with Crippen LogP contribution in [0.1, 0.15) is 6.42 Å². The minimum absolute atomic E-state index is 0.0698. The van der Waals surface area contributed by atoms with Crippen LogP contribution in [-0.4, -0.2) is 24.6 Å². The molecule has 0 saturated heterocycles. The maximum atomic E-state index is 10.2. The van der Waals surface area contributed by atoms with E-state index in [1.807, 2.05) is 0 Å². The van der Waals surface area contributed by atoms with Crippen LogP contribution in [0.15, 0.2) is 12.0 Å². The van der Waals surface area contributed by atoms with E-state index in [0.29, 0.717) is 13.0 Å². The van der Waals surface area contributed by atoms with Crippen LogP contribution < -0.4 is 5.32 Å². The number of hydrogen-bond donors (Lipinski definition) is 1. The summed E-state index contributed by atoms with van der Waals surface area (Å²) in [5.74, 6) is 0. The van der Waals surface area contributed by atoms with Gasteiger partial charge in [-0.3, -0.25) is 10.1 Å². The maximum absolute atomic E-state index is 10.2. The van der Waals surface area contributed by atoms with Crippen molar-refractivity contribution in [3.63, 3.8) is 0 Å². The molecule has 0 aliphatic carbocycles. The van der Waals surface area contributed by atoms with Crippen molar-refractivity contribution >= 4 is 0 Å². The second kappa shape index (κ2) is 3.34. The fraction of sp³-hybridized carbons (Fsp3) is 0.667. The molecule has 0 saturated carbocycles. The molecule has 1 unspecified atom stereocenters. The van der Waals surface area contributed by atoms with Gasteiger partial charge in [0.05, 0.1) is 17.4 Å². The molecule has 0 aromatic rings. The zero-order valence-electron chi connectivity index (χ0n) is 6.24.